The van der Waals surface area contributed by atoms with E-state index in [0.717, 1.165) is 16.9 Å². The minimum absolute atomic E-state index is 0.232. The van der Waals surface area contributed by atoms with Crippen LogP contribution in [0.1, 0.15) is 0 Å². The van der Waals surface area contributed by atoms with Crippen molar-refractivity contribution in [3.8, 4) is 0 Å². The van der Waals surface area contributed by atoms with Crippen LogP contribution in [0.25, 0.3) is 16.7 Å². The molecule has 4 nitrogen and oxygen atoms in total. The Hall–Kier alpha value is -2.14. The van der Waals surface area contributed by atoms with Gasteiger partial charge in [-0.2, -0.15) is 0 Å². The number of pyridine rings is 1. The summed E-state index contributed by atoms with van der Waals surface area (Å²) in [6.45, 7) is 1.32. The second-order valence-corrected chi connectivity index (χ2v) is 4.92. The van der Waals surface area contributed by atoms with E-state index in [0.29, 0.717) is 18.6 Å². The first-order valence-electron chi connectivity index (χ1n) is 6.21. The summed E-state index contributed by atoms with van der Waals surface area (Å²) >= 11 is 0. The Balaban J connectivity index is 1.87. The van der Waals surface area contributed by atoms with Crippen LogP contribution in [0.15, 0.2) is 36.5 Å². The van der Waals surface area contributed by atoms with Crippen molar-refractivity contribution in [1.82, 2.24) is 9.38 Å². The summed E-state index contributed by atoms with van der Waals surface area (Å²) in [5.74, 6) is -0.276. The highest BCUT2D eigenvalue weighted by Crippen LogP contribution is 2.25. The zero-order chi connectivity index (χ0) is 13.0. The molecule has 0 atom stereocenters. The van der Waals surface area contributed by atoms with Gasteiger partial charge in [-0.25, -0.2) is 9.37 Å². The van der Waals surface area contributed by atoms with Gasteiger partial charge >= 0.3 is 0 Å². The van der Waals surface area contributed by atoms with Gasteiger partial charge in [0, 0.05) is 37.1 Å². The van der Waals surface area contributed by atoms with Crippen molar-refractivity contribution in [2.45, 2.75) is 6.10 Å². The molecule has 1 fully saturated rings. The summed E-state index contributed by atoms with van der Waals surface area (Å²) in [4.78, 5) is 6.52. The number of hydrogen-bond acceptors (Lipinski definition) is 3. The number of benzene rings is 1. The summed E-state index contributed by atoms with van der Waals surface area (Å²) in [6, 6.07) is 8.57. The van der Waals surface area contributed by atoms with Gasteiger partial charge < -0.3 is 10.0 Å². The van der Waals surface area contributed by atoms with Crippen molar-refractivity contribution in [3.05, 3.63) is 42.3 Å². The van der Waals surface area contributed by atoms with Crippen LogP contribution in [0.4, 0.5) is 10.1 Å². The Kier molecular flexibility index (Phi) is 2.08. The van der Waals surface area contributed by atoms with Gasteiger partial charge in [-0.05, 0) is 18.2 Å². The predicted octanol–water partition coefficient (Wildman–Crippen LogP) is 1.81. The first kappa shape index (κ1) is 10.8. The molecule has 1 aliphatic rings. The zero-order valence-electron chi connectivity index (χ0n) is 10.1. The predicted molar refractivity (Wildman–Crippen MR) is 70.9 cm³/mol. The van der Waals surface area contributed by atoms with E-state index in [1.165, 1.54) is 12.1 Å². The Morgan fingerprint density at radius 1 is 1.21 bits per heavy atom. The molecule has 1 N–H and O–H groups in total. The third kappa shape index (κ3) is 1.58. The summed E-state index contributed by atoms with van der Waals surface area (Å²) in [5, 5.41) is 9.33. The fourth-order valence-electron chi connectivity index (χ4n) is 2.54. The molecule has 96 valence electrons. The van der Waals surface area contributed by atoms with Crippen molar-refractivity contribution >= 4 is 22.4 Å². The lowest BCUT2D eigenvalue weighted by molar-refractivity contribution is 0.142. The minimum atomic E-state index is -0.276. The Labute approximate surface area is 108 Å². The first-order valence-corrected chi connectivity index (χ1v) is 6.21. The van der Waals surface area contributed by atoms with Crippen LogP contribution in [0.5, 0.6) is 0 Å². The van der Waals surface area contributed by atoms with E-state index >= 15 is 0 Å². The number of aromatic nitrogens is 2. The van der Waals surface area contributed by atoms with Gasteiger partial charge in [-0.1, -0.05) is 0 Å². The molecule has 0 radical (unpaired) electrons. The average Bonchev–Trinajstić information content (AvgIpc) is 2.71. The van der Waals surface area contributed by atoms with Gasteiger partial charge in [0.15, 0.2) is 0 Å². The van der Waals surface area contributed by atoms with Gasteiger partial charge in [-0.3, -0.25) is 4.40 Å². The zero-order valence-corrected chi connectivity index (χ0v) is 10.1. The van der Waals surface area contributed by atoms with Crippen molar-refractivity contribution in [1.29, 1.82) is 0 Å². The lowest BCUT2D eigenvalue weighted by atomic mass is 10.1. The van der Waals surface area contributed by atoms with Gasteiger partial charge in [0.1, 0.15) is 11.5 Å². The normalized spacial score (nSPS) is 16.2. The number of β-amino-alcohol motifs (C(OH)–C–C–N with tert-alkyl or cyclic N) is 1. The highest BCUT2D eigenvalue weighted by Gasteiger charge is 2.24. The molecular weight excluding hydrogens is 245 g/mol. The van der Waals surface area contributed by atoms with Crippen LogP contribution < -0.4 is 4.90 Å². The standard InChI is InChI=1S/C14H12FN3O/c15-9-1-2-13-12(5-9)16-14-6-10(3-4-18(13)14)17-7-11(19)8-17/h1-6,11,19H,7-8H2. The van der Waals surface area contributed by atoms with E-state index in [1.54, 1.807) is 6.07 Å². The van der Waals surface area contributed by atoms with Crippen molar-refractivity contribution in [3.63, 3.8) is 0 Å². The van der Waals surface area contributed by atoms with Crippen LogP contribution in [-0.4, -0.2) is 33.7 Å². The maximum absolute atomic E-state index is 13.2. The molecule has 3 aromatic rings. The molecule has 0 amide bonds. The number of fused-ring (bicyclic) bond motifs is 3. The summed E-state index contributed by atoms with van der Waals surface area (Å²) < 4.78 is 15.1. The van der Waals surface area contributed by atoms with Gasteiger partial charge in [-0.15, -0.1) is 0 Å². The second-order valence-electron chi connectivity index (χ2n) is 4.92. The monoisotopic (exact) mass is 257 g/mol. The molecule has 0 saturated carbocycles. The van der Waals surface area contributed by atoms with Crippen molar-refractivity contribution in [2.24, 2.45) is 0 Å². The molecule has 4 rings (SSSR count). The lowest BCUT2D eigenvalue weighted by Gasteiger charge is -2.37. The SMILES string of the molecule is OC1CN(c2ccn3c(c2)nc2cc(F)ccc23)C1. The van der Waals surface area contributed by atoms with Crippen LogP contribution >= 0.6 is 0 Å². The number of imidazole rings is 1. The highest BCUT2D eigenvalue weighted by atomic mass is 19.1. The third-order valence-electron chi connectivity index (χ3n) is 3.58. The fourth-order valence-corrected chi connectivity index (χ4v) is 2.54. The minimum Gasteiger partial charge on any atom is -0.389 e. The van der Waals surface area contributed by atoms with Crippen molar-refractivity contribution in [2.75, 3.05) is 18.0 Å². The summed E-state index contributed by atoms with van der Waals surface area (Å²) in [7, 11) is 0. The largest absolute Gasteiger partial charge is 0.389 e. The molecule has 0 unspecified atom stereocenters. The molecule has 0 spiro atoms. The van der Waals surface area contributed by atoms with E-state index < -0.39 is 0 Å². The molecule has 2 aromatic heterocycles. The van der Waals surface area contributed by atoms with E-state index in [1.807, 2.05) is 22.7 Å². The number of halogens is 1. The molecule has 3 heterocycles. The first-order chi connectivity index (χ1) is 9.20. The van der Waals surface area contributed by atoms with Crippen LogP contribution in [-0.2, 0) is 0 Å². The van der Waals surface area contributed by atoms with Crippen LogP contribution in [0.2, 0.25) is 0 Å². The fraction of sp³-hybridized carbons (Fsp3) is 0.214. The van der Waals surface area contributed by atoms with E-state index in [2.05, 4.69) is 9.88 Å². The smallest absolute Gasteiger partial charge is 0.139 e. The van der Waals surface area contributed by atoms with E-state index in [4.69, 9.17) is 0 Å². The topological polar surface area (TPSA) is 40.8 Å². The number of anilines is 1. The Morgan fingerprint density at radius 3 is 2.84 bits per heavy atom. The molecule has 5 heteroatoms. The van der Waals surface area contributed by atoms with Crippen LogP contribution in [0.3, 0.4) is 0 Å². The molecule has 1 aromatic carbocycles. The second kappa shape index (κ2) is 3.68. The average molecular weight is 257 g/mol. The highest BCUT2D eigenvalue weighted by molar-refractivity contribution is 5.81. The van der Waals surface area contributed by atoms with Gasteiger partial charge in [0.25, 0.3) is 0 Å². The number of hydrogen-bond donors (Lipinski definition) is 1. The summed E-state index contributed by atoms with van der Waals surface area (Å²) in [5.41, 5.74) is 3.38. The Morgan fingerprint density at radius 2 is 2.05 bits per heavy atom. The number of aliphatic hydroxyl groups excluding tert-OH is 1. The van der Waals surface area contributed by atoms with Gasteiger partial charge in [0.2, 0.25) is 0 Å². The molecule has 19 heavy (non-hydrogen) atoms. The van der Waals surface area contributed by atoms with Crippen molar-refractivity contribution < 1.29 is 9.50 Å². The van der Waals surface area contributed by atoms with Gasteiger partial charge in [0.05, 0.1) is 17.1 Å². The molecule has 0 aliphatic carbocycles. The third-order valence-corrected chi connectivity index (χ3v) is 3.58. The summed E-state index contributed by atoms with van der Waals surface area (Å²) in [6.07, 6.45) is 1.70. The molecule has 1 aliphatic heterocycles. The number of aliphatic hydroxyl groups is 1. The van der Waals surface area contributed by atoms with E-state index in [9.17, 15) is 9.50 Å². The maximum Gasteiger partial charge on any atom is 0.139 e. The quantitative estimate of drug-likeness (QED) is 0.722. The van der Waals surface area contributed by atoms with Crippen LogP contribution in [0, 0.1) is 5.82 Å². The maximum atomic E-state index is 13.2. The lowest BCUT2D eigenvalue weighted by Crippen LogP contribution is -2.50. The molecule has 0 bridgehead atoms. The van der Waals surface area contributed by atoms with E-state index in [-0.39, 0.29) is 11.9 Å². The number of rotatable bonds is 1. The molecular formula is C14H12FN3O. The number of nitrogens with zero attached hydrogens (tertiary/aromatic N) is 3. The Bertz CT molecular complexity index is 777. The molecule has 1 saturated heterocycles.